The Labute approximate surface area is 125 Å². The van der Waals surface area contributed by atoms with Crippen LogP contribution >= 0.6 is 0 Å². The van der Waals surface area contributed by atoms with Gasteiger partial charge < -0.3 is 9.30 Å². The fourth-order valence-electron chi connectivity index (χ4n) is 2.05. The van der Waals surface area contributed by atoms with Gasteiger partial charge in [0.05, 0.1) is 11.5 Å². The number of benzene rings is 1. The molecule has 116 valence electrons. The molecule has 0 atom stereocenters. The number of nitrogens with zero attached hydrogens (tertiary/aromatic N) is 2. The van der Waals surface area contributed by atoms with Gasteiger partial charge in [0.25, 0.3) is 15.9 Å². The molecule has 3 rings (SSSR count). The van der Waals surface area contributed by atoms with Crippen LogP contribution in [0.1, 0.15) is 16.3 Å². The van der Waals surface area contributed by atoms with Crippen LogP contribution in [0.5, 0.6) is 0 Å². The third-order valence-electron chi connectivity index (χ3n) is 3.15. The van der Waals surface area contributed by atoms with Gasteiger partial charge in [-0.1, -0.05) is 0 Å². The third kappa shape index (κ3) is 2.85. The molecule has 0 bridgehead atoms. The molecular weight excluding hydrogens is 313 g/mol. The van der Waals surface area contributed by atoms with Gasteiger partial charge in [0.1, 0.15) is 23.9 Å². The normalized spacial score (nSPS) is 14.4. The van der Waals surface area contributed by atoms with Crippen molar-refractivity contribution < 1.29 is 22.3 Å². The molecule has 1 aliphatic rings. The first-order chi connectivity index (χ1) is 10.5. The van der Waals surface area contributed by atoms with Crippen molar-refractivity contribution in [2.45, 2.75) is 18.0 Å². The number of amides is 1. The molecule has 1 aromatic heterocycles. The lowest BCUT2D eigenvalue weighted by molar-refractivity contribution is 0.0816. The van der Waals surface area contributed by atoms with Crippen LogP contribution in [0.4, 0.5) is 4.39 Å². The second-order valence-corrected chi connectivity index (χ2v) is 6.36. The zero-order valence-corrected chi connectivity index (χ0v) is 12.1. The van der Waals surface area contributed by atoms with E-state index < -0.39 is 21.7 Å². The lowest BCUT2D eigenvalue weighted by Gasteiger charge is -2.13. The highest BCUT2D eigenvalue weighted by Crippen LogP contribution is 2.12. The summed E-state index contributed by atoms with van der Waals surface area (Å²) in [5.74, 6) is -0.839. The summed E-state index contributed by atoms with van der Waals surface area (Å²) in [4.78, 5) is 15.9. The van der Waals surface area contributed by atoms with Crippen molar-refractivity contribution in [1.82, 2.24) is 14.3 Å². The Kier molecular flexibility index (Phi) is 3.67. The number of ether oxygens (including phenoxy) is 1. The minimum atomic E-state index is -4.07. The summed E-state index contributed by atoms with van der Waals surface area (Å²) in [5.41, 5.74) is -0.00816. The minimum Gasteiger partial charge on any atom is -0.372 e. The number of imidazole rings is 1. The van der Waals surface area contributed by atoms with Crippen molar-refractivity contribution >= 4 is 15.9 Å². The average Bonchev–Trinajstić information content (AvgIpc) is 2.91. The van der Waals surface area contributed by atoms with E-state index in [1.54, 1.807) is 4.57 Å². The Morgan fingerprint density at radius 2 is 2.05 bits per heavy atom. The van der Waals surface area contributed by atoms with Gasteiger partial charge in [-0.25, -0.2) is 22.5 Å². The Morgan fingerprint density at radius 1 is 1.32 bits per heavy atom. The van der Waals surface area contributed by atoms with Gasteiger partial charge in [0, 0.05) is 12.7 Å². The summed E-state index contributed by atoms with van der Waals surface area (Å²) in [6, 6.07) is 4.17. The van der Waals surface area contributed by atoms with Gasteiger partial charge in [-0.15, -0.1) is 0 Å². The van der Waals surface area contributed by atoms with Crippen molar-refractivity contribution in [3.63, 3.8) is 0 Å². The largest absolute Gasteiger partial charge is 0.372 e. The smallest absolute Gasteiger partial charge is 0.285 e. The van der Waals surface area contributed by atoms with Gasteiger partial charge >= 0.3 is 0 Å². The molecule has 0 saturated heterocycles. The fourth-order valence-corrected chi connectivity index (χ4v) is 3.01. The molecule has 1 N–H and O–H groups in total. The predicted molar refractivity (Wildman–Crippen MR) is 72.9 cm³/mol. The van der Waals surface area contributed by atoms with E-state index in [4.69, 9.17) is 4.74 Å². The first kappa shape index (κ1) is 14.7. The topological polar surface area (TPSA) is 90.3 Å². The number of fused-ring (bicyclic) bond motifs is 1. The van der Waals surface area contributed by atoms with Crippen molar-refractivity contribution in [1.29, 1.82) is 0 Å². The van der Waals surface area contributed by atoms with E-state index >= 15 is 0 Å². The van der Waals surface area contributed by atoms with E-state index in [1.807, 2.05) is 4.72 Å². The van der Waals surface area contributed by atoms with E-state index in [0.29, 0.717) is 19.0 Å². The van der Waals surface area contributed by atoms with E-state index in [-0.39, 0.29) is 17.2 Å². The van der Waals surface area contributed by atoms with Crippen LogP contribution in [0.15, 0.2) is 35.4 Å². The summed E-state index contributed by atoms with van der Waals surface area (Å²) in [6.07, 6.45) is 1.48. The number of sulfonamides is 1. The molecule has 22 heavy (non-hydrogen) atoms. The molecule has 2 aromatic rings. The quantitative estimate of drug-likeness (QED) is 0.896. The molecule has 7 nitrogen and oxygen atoms in total. The molecule has 1 aliphatic heterocycles. The average molecular weight is 325 g/mol. The molecule has 9 heteroatoms. The van der Waals surface area contributed by atoms with Crippen molar-refractivity contribution in [2.75, 3.05) is 6.61 Å². The summed E-state index contributed by atoms with van der Waals surface area (Å²) in [5, 5.41) is 0. The monoisotopic (exact) mass is 325 g/mol. The predicted octanol–water partition coefficient (Wildman–Crippen LogP) is 0.671. The zero-order chi connectivity index (χ0) is 15.7. The van der Waals surface area contributed by atoms with Crippen LogP contribution in [-0.4, -0.2) is 30.5 Å². The lowest BCUT2D eigenvalue weighted by Crippen LogP contribution is -2.30. The molecule has 0 unspecified atom stereocenters. The Bertz CT molecular complexity index is 791. The van der Waals surface area contributed by atoms with Gasteiger partial charge in [0.2, 0.25) is 0 Å². The molecule has 0 fully saturated rings. The highest BCUT2D eigenvalue weighted by molar-refractivity contribution is 7.90. The second-order valence-electron chi connectivity index (χ2n) is 4.68. The number of nitrogens with one attached hydrogen (secondary N) is 1. The van der Waals surface area contributed by atoms with Gasteiger partial charge in [-0.3, -0.25) is 4.79 Å². The van der Waals surface area contributed by atoms with E-state index in [0.717, 1.165) is 24.3 Å². The van der Waals surface area contributed by atoms with Crippen LogP contribution in [-0.2, 0) is 27.9 Å². The molecule has 1 amide bonds. The second kappa shape index (κ2) is 5.50. The number of hydrogen-bond donors (Lipinski definition) is 1. The first-order valence-corrected chi connectivity index (χ1v) is 7.90. The van der Waals surface area contributed by atoms with Crippen molar-refractivity contribution in [3.05, 3.63) is 47.8 Å². The highest BCUT2D eigenvalue weighted by Gasteiger charge is 2.22. The number of hydrogen-bond acceptors (Lipinski definition) is 5. The minimum absolute atomic E-state index is 0.00816. The van der Waals surface area contributed by atoms with Gasteiger partial charge in [-0.05, 0) is 24.3 Å². The number of aromatic nitrogens is 2. The number of carbonyl (C=O) groups is 1. The molecule has 1 aromatic carbocycles. The molecular formula is C13H12FN3O4S. The van der Waals surface area contributed by atoms with Crippen LogP contribution in [0.3, 0.4) is 0 Å². The lowest BCUT2D eigenvalue weighted by atomic mass is 10.4. The van der Waals surface area contributed by atoms with Gasteiger partial charge in [0.15, 0.2) is 0 Å². The van der Waals surface area contributed by atoms with Gasteiger partial charge in [-0.2, -0.15) is 0 Å². The Morgan fingerprint density at radius 3 is 2.73 bits per heavy atom. The van der Waals surface area contributed by atoms with Crippen LogP contribution in [0, 0.1) is 5.82 Å². The van der Waals surface area contributed by atoms with Crippen LogP contribution in [0.25, 0.3) is 0 Å². The maximum Gasteiger partial charge on any atom is 0.285 e. The van der Waals surface area contributed by atoms with E-state index in [2.05, 4.69) is 4.98 Å². The maximum atomic E-state index is 12.8. The highest BCUT2D eigenvalue weighted by atomic mass is 32.2. The molecule has 0 saturated carbocycles. The van der Waals surface area contributed by atoms with Crippen molar-refractivity contribution in [2.24, 2.45) is 0 Å². The maximum absolute atomic E-state index is 12.8. The van der Waals surface area contributed by atoms with E-state index in [1.165, 1.54) is 6.20 Å². The van der Waals surface area contributed by atoms with E-state index in [9.17, 15) is 17.6 Å². The van der Waals surface area contributed by atoms with Crippen LogP contribution < -0.4 is 4.72 Å². The Hall–Kier alpha value is -2.26. The number of rotatable bonds is 3. The third-order valence-corrected chi connectivity index (χ3v) is 4.50. The molecule has 0 aliphatic carbocycles. The SMILES string of the molecule is O=C(NS(=O)(=O)c1ccc(F)cc1)c1cn2c(n1)COCC2. The number of carbonyl (C=O) groups excluding carboxylic acids is 1. The first-order valence-electron chi connectivity index (χ1n) is 6.42. The molecule has 0 spiro atoms. The standard InChI is InChI=1S/C13H12FN3O4S/c14-9-1-3-10(4-2-9)22(19,20)16-13(18)11-7-17-5-6-21-8-12(17)15-11/h1-4,7H,5-6,8H2,(H,16,18). The van der Waals surface area contributed by atoms with Crippen molar-refractivity contribution in [3.8, 4) is 0 Å². The summed E-state index contributed by atoms with van der Waals surface area (Å²) < 4.78 is 45.8. The molecule has 2 heterocycles. The van der Waals surface area contributed by atoms with Crippen LogP contribution in [0.2, 0.25) is 0 Å². The summed E-state index contributed by atoms with van der Waals surface area (Å²) >= 11 is 0. The fraction of sp³-hybridized carbons (Fsp3) is 0.231. The number of halogens is 1. The summed E-state index contributed by atoms with van der Waals surface area (Å²) in [7, 11) is -4.07. The molecule has 0 radical (unpaired) electrons. The summed E-state index contributed by atoms with van der Waals surface area (Å²) in [6.45, 7) is 1.34. The Balaban J connectivity index is 1.81. The zero-order valence-electron chi connectivity index (χ0n) is 11.3.